The van der Waals surface area contributed by atoms with Crippen molar-refractivity contribution in [3.63, 3.8) is 0 Å². The zero-order valence-electron chi connectivity index (χ0n) is 13.3. The Balaban J connectivity index is 0.00000264. The van der Waals surface area contributed by atoms with E-state index in [4.69, 9.17) is 4.74 Å². The SMILES string of the molecule is CCOc1cccc([C@H](CC(F)(F)F)N2CCNCC2)c1O.Cl.Cl. The monoisotopic (exact) mass is 390 g/mol. The minimum atomic E-state index is -4.30. The number of aromatic hydroxyl groups is 1. The molecule has 4 nitrogen and oxygen atoms in total. The van der Waals surface area contributed by atoms with Crippen molar-refractivity contribution in [3.05, 3.63) is 23.8 Å². The zero-order chi connectivity index (χ0) is 16.2. The summed E-state index contributed by atoms with van der Waals surface area (Å²) in [5.74, 6) is 0.0273. The van der Waals surface area contributed by atoms with Crippen molar-refractivity contribution in [2.24, 2.45) is 0 Å². The van der Waals surface area contributed by atoms with Crippen LogP contribution in [0.2, 0.25) is 0 Å². The second kappa shape index (κ2) is 10.2. The van der Waals surface area contributed by atoms with Gasteiger partial charge in [-0.15, -0.1) is 24.8 Å². The van der Waals surface area contributed by atoms with E-state index in [0.717, 1.165) is 0 Å². The number of para-hydroxylation sites is 1. The Labute approximate surface area is 152 Å². The fourth-order valence-electron chi connectivity index (χ4n) is 2.73. The largest absolute Gasteiger partial charge is 0.504 e. The minimum Gasteiger partial charge on any atom is -0.504 e. The Morgan fingerprint density at radius 1 is 1.25 bits per heavy atom. The number of hydrogen-bond acceptors (Lipinski definition) is 4. The van der Waals surface area contributed by atoms with Crippen LogP contribution in [0.3, 0.4) is 0 Å². The topological polar surface area (TPSA) is 44.7 Å². The molecule has 2 rings (SSSR count). The molecule has 0 bridgehead atoms. The molecule has 1 atom stereocenters. The summed E-state index contributed by atoms with van der Waals surface area (Å²) >= 11 is 0. The van der Waals surface area contributed by atoms with Crippen LogP contribution in [-0.4, -0.2) is 49.0 Å². The van der Waals surface area contributed by atoms with Crippen molar-refractivity contribution in [1.82, 2.24) is 10.2 Å². The van der Waals surface area contributed by atoms with Crippen LogP contribution >= 0.6 is 24.8 Å². The minimum absolute atomic E-state index is 0. The number of nitrogens with zero attached hydrogens (tertiary/aromatic N) is 1. The highest BCUT2D eigenvalue weighted by Crippen LogP contribution is 2.41. The summed E-state index contributed by atoms with van der Waals surface area (Å²) < 4.78 is 44.2. The van der Waals surface area contributed by atoms with Crippen LogP contribution in [0.25, 0.3) is 0 Å². The normalized spacial score (nSPS) is 16.7. The Bertz CT molecular complexity index is 498. The lowest BCUT2D eigenvalue weighted by Crippen LogP contribution is -2.46. The lowest BCUT2D eigenvalue weighted by atomic mass is 9.99. The van der Waals surface area contributed by atoms with E-state index in [1.54, 1.807) is 24.0 Å². The van der Waals surface area contributed by atoms with Crippen molar-refractivity contribution in [2.45, 2.75) is 25.6 Å². The van der Waals surface area contributed by atoms with Crippen molar-refractivity contribution in [3.8, 4) is 11.5 Å². The van der Waals surface area contributed by atoms with Crippen LogP contribution in [0, 0.1) is 0 Å². The Morgan fingerprint density at radius 3 is 2.42 bits per heavy atom. The average molecular weight is 391 g/mol. The first-order chi connectivity index (χ1) is 10.4. The highest BCUT2D eigenvalue weighted by Gasteiger charge is 2.37. The van der Waals surface area contributed by atoms with Crippen molar-refractivity contribution < 1.29 is 23.0 Å². The van der Waals surface area contributed by atoms with Gasteiger partial charge in [0.1, 0.15) is 0 Å². The quantitative estimate of drug-likeness (QED) is 0.806. The number of alkyl halides is 3. The van der Waals surface area contributed by atoms with Crippen molar-refractivity contribution in [2.75, 3.05) is 32.8 Å². The highest BCUT2D eigenvalue weighted by atomic mass is 35.5. The molecule has 1 saturated heterocycles. The third kappa shape index (κ3) is 6.20. The van der Waals surface area contributed by atoms with Gasteiger partial charge in [-0.3, -0.25) is 4.90 Å². The first kappa shape index (κ1) is 23.1. The maximum absolute atomic E-state index is 13.0. The molecule has 2 N–H and O–H groups in total. The fraction of sp³-hybridized carbons (Fsp3) is 0.600. The number of hydrogen-bond donors (Lipinski definition) is 2. The van der Waals surface area contributed by atoms with Crippen LogP contribution in [0.1, 0.15) is 24.9 Å². The van der Waals surface area contributed by atoms with Gasteiger partial charge in [0.05, 0.1) is 13.0 Å². The summed E-state index contributed by atoms with van der Waals surface area (Å²) in [6, 6.07) is 3.81. The fourth-order valence-corrected chi connectivity index (χ4v) is 2.73. The van der Waals surface area contributed by atoms with Gasteiger partial charge in [-0.2, -0.15) is 13.2 Å². The number of rotatable bonds is 5. The van der Waals surface area contributed by atoms with Gasteiger partial charge in [0.2, 0.25) is 0 Å². The van der Waals surface area contributed by atoms with Gasteiger partial charge in [-0.1, -0.05) is 12.1 Å². The third-order valence-corrected chi connectivity index (χ3v) is 3.71. The van der Waals surface area contributed by atoms with E-state index in [1.165, 1.54) is 6.07 Å². The number of halogens is 5. The molecule has 0 spiro atoms. The molecule has 0 aromatic heterocycles. The van der Waals surface area contributed by atoms with E-state index in [2.05, 4.69) is 5.32 Å². The third-order valence-electron chi connectivity index (χ3n) is 3.71. The van der Waals surface area contributed by atoms with Crippen LogP contribution in [0.5, 0.6) is 11.5 Å². The van der Waals surface area contributed by atoms with Crippen LogP contribution < -0.4 is 10.1 Å². The summed E-state index contributed by atoms with van der Waals surface area (Å²) in [6.45, 7) is 4.41. The van der Waals surface area contributed by atoms with Gasteiger partial charge in [-0.25, -0.2) is 0 Å². The molecule has 140 valence electrons. The Kier molecular flexibility index (Phi) is 9.80. The van der Waals surface area contributed by atoms with E-state index in [1.807, 2.05) is 0 Å². The first-order valence-corrected chi connectivity index (χ1v) is 7.38. The summed E-state index contributed by atoms with van der Waals surface area (Å²) in [6.07, 6.45) is -5.29. The summed E-state index contributed by atoms with van der Waals surface area (Å²) in [5, 5.41) is 13.4. The Hall–Kier alpha value is -0.890. The van der Waals surface area contributed by atoms with E-state index in [0.29, 0.717) is 32.8 Å². The number of ether oxygens (including phenoxy) is 1. The molecule has 1 fully saturated rings. The van der Waals surface area contributed by atoms with Gasteiger partial charge in [0.25, 0.3) is 0 Å². The van der Waals surface area contributed by atoms with Gasteiger partial charge < -0.3 is 15.2 Å². The summed E-state index contributed by atoms with van der Waals surface area (Å²) in [5.41, 5.74) is 0.269. The predicted molar refractivity (Wildman–Crippen MR) is 91.6 cm³/mol. The second-order valence-corrected chi connectivity index (χ2v) is 5.25. The molecular formula is C15H23Cl2F3N2O2. The van der Waals surface area contributed by atoms with Crippen molar-refractivity contribution in [1.29, 1.82) is 0 Å². The summed E-state index contributed by atoms with van der Waals surface area (Å²) in [7, 11) is 0. The van der Waals surface area contributed by atoms with E-state index in [9.17, 15) is 18.3 Å². The number of phenolic OH excluding ortho intramolecular Hbond substituents is 1. The van der Waals surface area contributed by atoms with Gasteiger partial charge in [-0.05, 0) is 13.0 Å². The lowest BCUT2D eigenvalue weighted by Gasteiger charge is -2.36. The second-order valence-electron chi connectivity index (χ2n) is 5.25. The number of piperazine rings is 1. The van der Waals surface area contributed by atoms with Gasteiger partial charge >= 0.3 is 6.18 Å². The number of benzene rings is 1. The van der Waals surface area contributed by atoms with E-state index < -0.39 is 18.6 Å². The molecule has 0 unspecified atom stereocenters. The molecule has 0 radical (unpaired) electrons. The molecule has 0 amide bonds. The van der Waals surface area contributed by atoms with Crippen LogP contribution in [0.4, 0.5) is 13.2 Å². The molecule has 1 aromatic rings. The molecule has 0 aliphatic carbocycles. The zero-order valence-corrected chi connectivity index (χ0v) is 14.9. The molecule has 0 saturated carbocycles. The maximum atomic E-state index is 13.0. The highest BCUT2D eigenvalue weighted by molar-refractivity contribution is 5.85. The molecule has 1 aliphatic heterocycles. The van der Waals surface area contributed by atoms with Crippen LogP contribution in [0.15, 0.2) is 18.2 Å². The van der Waals surface area contributed by atoms with Crippen molar-refractivity contribution >= 4 is 24.8 Å². The van der Waals surface area contributed by atoms with E-state index >= 15 is 0 Å². The smallest absolute Gasteiger partial charge is 0.390 e. The molecule has 24 heavy (non-hydrogen) atoms. The number of phenols is 1. The molecule has 1 aromatic carbocycles. The maximum Gasteiger partial charge on any atom is 0.390 e. The Morgan fingerprint density at radius 2 is 1.88 bits per heavy atom. The molecule has 1 heterocycles. The molecule has 1 aliphatic rings. The number of nitrogens with one attached hydrogen (secondary N) is 1. The molecular weight excluding hydrogens is 368 g/mol. The summed E-state index contributed by atoms with van der Waals surface area (Å²) in [4.78, 5) is 1.76. The predicted octanol–water partition coefficient (Wildman–Crippen LogP) is 3.53. The van der Waals surface area contributed by atoms with Crippen LogP contribution in [-0.2, 0) is 0 Å². The van der Waals surface area contributed by atoms with E-state index in [-0.39, 0.29) is 41.9 Å². The van der Waals surface area contributed by atoms with Gasteiger partial charge in [0, 0.05) is 37.8 Å². The lowest BCUT2D eigenvalue weighted by molar-refractivity contribution is -0.148. The average Bonchev–Trinajstić information content (AvgIpc) is 2.47. The van der Waals surface area contributed by atoms with Gasteiger partial charge in [0.15, 0.2) is 11.5 Å². The first-order valence-electron chi connectivity index (χ1n) is 7.38. The molecule has 9 heteroatoms. The standard InChI is InChI=1S/C15H21F3N2O2.2ClH/c1-2-22-13-5-3-4-11(14(13)21)12(10-15(16,17)18)20-8-6-19-7-9-20;;/h3-5,12,19,21H,2,6-10H2,1H3;2*1H/t12-;;/m0../s1.